The zero-order chi connectivity index (χ0) is 11.4. The first kappa shape index (κ1) is 10.5. The van der Waals surface area contributed by atoms with Crippen molar-refractivity contribution >= 4 is 6.08 Å². The molecule has 0 bridgehead atoms. The summed E-state index contributed by atoms with van der Waals surface area (Å²) in [7, 11) is 0. The van der Waals surface area contributed by atoms with Gasteiger partial charge in [-0.05, 0) is 23.8 Å². The van der Waals surface area contributed by atoms with E-state index in [1.54, 1.807) is 24.3 Å². The molecule has 2 rings (SSSR count). The first-order valence-corrected chi connectivity index (χ1v) is 4.63. The van der Waals surface area contributed by atoms with Crippen LogP contribution in [0.1, 0.15) is 5.56 Å². The van der Waals surface area contributed by atoms with Crippen molar-refractivity contribution in [2.24, 2.45) is 0 Å². The second-order valence-electron chi connectivity index (χ2n) is 3.12. The minimum absolute atomic E-state index is 0.415. The topological polar surface area (TPSA) is 59.2 Å². The van der Waals surface area contributed by atoms with Gasteiger partial charge in [-0.25, -0.2) is 4.39 Å². The Hall–Kier alpha value is -2.01. The lowest BCUT2D eigenvalue weighted by molar-refractivity contribution is 0.300. The average molecular weight is 220 g/mol. The quantitative estimate of drug-likeness (QED) is 0.859. The zero-order valence-electron chi connectivity index (χ0n) is 8.30. The lowest BCUT2D eigenvalue weighted by atomic mass is 10.1. The summed E-state index contributed by atoms with van der Waals surface area (Å²) in [5, 5.41) is 15.8. The molecule has 0 saturated carbocycles. The molecule has 0 amide bonds. The molecule has 82 valence electrons. The maximum absolute atomic E-state index is 12.8. The minimum atomic E-state index is -0.592. The largest absolute Gasteiger partial charge is 0.423 e. The van der Waals surface area contributed by atoms with Crippen molar-refractivity contribution in [2.75, 3.05) is 6.61 Å². The Morgan fingerprint density at radius 1 is 1.38 bits per heavy atom. The van der Waals surface area contributed by atoms with Crippen LogP contribution in [0.15, 0.2) is 40.9 Å². The van der Waals surface area contributed by atoms with Crippen LogP contribution in [0.5, 0.6) is 0 Å². The predicted octanol–water partition coefficient (Wildman–Crippen LogP) is 2.04. The van der Waals surface area contributed by atoms with Crippen LogP contribution in [-0.4, -0.2) is 21.9 Å². The number of aromatic nitrogens is 2. The molecule has 0 unspecified atom stereocenters. The molecular weight excluding hydrogens is 211 g/mol. The third kappa shape index (κ3) is 2.32. The number of nitrogens with zero attached hydrogens (tertiary/aromatic N) is 2. The van der Waals surface area contributed by atoms with E-state index in [4.69, 9.17) is 9.52 Å². The molecule has 5 heteroatoms. The van der Waals surface area contributed by atoms with Crippen LogP contribution in [0.2, 0.25) is 0 Å². The van der Waals surface area contributed by atoms with Gasteiger partial charge in [0.05, 0.1) is 6.61 Å². The lowest BCUT2D eigenvalue weighted by Crippen LogP contribution is -1.83. The Bertz CT molecular complexity index is 477. The van der Waals surface area contributed by atoms with Gasteiger partial charge < -0.3 is 9.52 Å². The molecule has 0 aliphatic rings. The second kappa shape index (κ2) is 4.67. The first-order valence-electron chi connectivity index (χ1n) is 4.63. The number of rotatable bonds is 3. The Morgan fingerprint density at radius 2 is 2.12 bits per heavy atom. The van der Waals surface area contributed by atoms with E-state index in [1.165, 1.54) is 12.5 Å². The molecule has 0 fully saturated rings. The summed E-state index contributed by atoms with van der Waals surface area (Å²) in [4.78, 5) is 0. The van der Waals surface area contributed by atoms with E-state index in [0.717, 1.165) is 5.56 Å². The van der Waals surface area contributed by atoms with Gasteiger partial charge in [0.25, 0.3) is 0 Å². The van der Waals surface area contributed by atoms with Gasteiger partial charge in [0.1, 0.15) is 5.83 Å². The summed E-state index contributed by atoms with van der Waals surface area (Å²) in [5.41, 5.74) is 1.42. The fourth-order valence-electron chi connectivity index (χ4n) is 1.25. The summed E-state index contributed by atoms with van der Waals surface area (Å²) in [6.07, 6.45) is 2.51. The van der Waals surface area contributed by atoms with Gasteiger partial charge in [-0.2, -0.15) is 0 Å². The van der Waals surface area contributed by atoms with Gasteiger partial charge in [-0.3, -0.25) is 0 Å². The van der Waals surface area contributed by atoms with Crippen molar-refractivity contribution in [3.8, 4) is 11.5 Å². The smallest absolute Gasteiger partial charge is 0.247 e. The summed E-state index contributed by atoms with van der Waals surface area (Å²) in [5.74, 6) is -0.163. The minimum Gasteiger partial charge on any atom is -0.423 e. The van der Waals surface area contributed by atoms with Gasteiger partial charge in [-0.1, -0.05) is 12.1 Å². The van der Waals surface area contributed by atoms with Crippen LogP contribution < -0.4 is 0 Å². The Labute approximate surface area is 91.1 Å². The van der Waals surface area contributed by atoms with Crippen LogP contribution in [0.3, 0.4) is 0 Å². The molecule has 0 saturated heterocycles. The van der Waals surface area contributed by atoms with Gasteiger partial charge >= 0.3 is 0 Å². The third-order valence-electron chi connectivity index (χ3n) is 1.99. The molecule has 0 atom stereocenters. The molecule has 0 spiro atoms. The summed E-state index contributed by atoms with van der Waals surface area (Å²) < 4.78 is 17.8. The van der Waals surface area contributed by atoms with Gasteiger partial charge in [0.2, 0.25) is 12.3 Å². The normalized spacial score (nSPS) is 11.8. The number of hydrogen-bond acceptors (Lipinski definition) is 4. The zero-order valence-corrected chi connectivity index (χ0v) is 8.30. The number of aliphatic hydroxyl groups is 1. The number of aliphatic hydroxyl groups excluding tert-OH is 1. The third-order valence-corrected chi connectivity index (χ3v) is 1.99. The van der Waals surface area contributed by atoms with Crippen molar-refractivity contribution in [3.63, 3.8) is 0 Å². The molecular formula is C11H9FN2O2. The SMILES string of the molecule is OC/C(F)=C/c1ccc(-c2nnco2)cc1. The van der Waals surface area contributed by atoms with Gasteiger partial charge in [-0.15, -0.1) is 10.2 Å². The molecule has 0 radical (unpaired) electrons. The van der Waals surface area contributed by atoms with Gasteiger partial charge in [0, 0.05) is 5.56 Å². The highest BCUT2D eigenvalue weighted by atomic mass is 19.1. The highest BCUT2D eigenvalue weighted by Crippen LogP contribution is 2.17. The Balaban J connectivity index is 2.23. The number of hydrogen-bond donors (Lipinski definition) is 1. The van der Waals surface area contributed by atoms with E-state index in [0.29, 0.717) is 11.5 Å². The van der Waals surface area contributed by atoms with Crippen molar-refractivity contribution in [1.82, 2.24) is 10.2 Å². The standard InChI is InChI=1S/C11H9FN2O2/c12-10(6-15)5-8-1-3-9(4-2-8)11-14-13-7-16-11/h1-5,7,15H,6H2/b10-5-. The summed E-state index contributed by atoms with van der Waals surface area (Å²) in [6.45, 7) is -0.592. The predicted molar refractivity (Wildman–Crippen MR) is 55.9 cm³/mol. The molecule has 1 aromatic heterocycles. The van der Waals surface area contributed by atoms with Crippen LogP contribution in [0.4, 0.5) is 4.39 Å². The van der Waals surface area contributed by atoms with Crippen LogP contribution in [-0.2, 0) is 0 Å². The van der Waals surface area contributed by atoms with Crippen LogP contribution in [0, 0.1) is 0 Å². The molecule has 1 heterocycles. The fourth-order valence-corrected chi connectivity index (χ4v) is 1.25. The molecule has 1 aromatic carbocycles. The van der Waals surface area contributed by atoms with Gasteiger partial charge in [0.15, 0.2) is 0 Å². The van der Waals surface area contributed by atoms with Crippen molar-refractivity contribution in [3.05, 3.63) is 42.0 Å². The van der Waals surface area contributed by atoms with E-state index in [1.807, 2.05) is 0 Å². The van der Waals surface area contributed by atoms with Crippen LogP contribution >= 0.6 is 0 Å². The maximum Gasteiger partial charge on any atom is 0.247 e. The highest BCUT2D eigenvalue weighted by molar-refractivity contribution is 5.59. The highest BCUT2D eigenvalue weighted by Gasteiger charge is 2.02. The lowest BCUT2D eigenvalue weighted by Gasteiger charge is -1.97. The summed E-state index contributed by atoms with van der Waals surface area (Å²) >= 11 is 0. The van der Waals surface area contributed by atoms with Crippen LogP contribution in [0.25, 0.3) is 17.5 Å². The van der Waals surface area contributed by atoms with Crippen molar-refractivity contribution < 1.29 is 13.9 Å². The fraction of sp³-hybridized carbons (Fsp3) is 0.0909. The molecule has 4 nitrogen and oxygen atoms in total. The molecule has 0 aliphatic carbocycles. The van der Waals surface area contributed by atoms with E-state index in [2.05, 4.69) is 10.2 Å². The monoisotopic (exact) mass is 220 g/mol. The van der Waals surface area contributed by atoms with Crippen molar-refractivity contribution in [1.29, 1.82) is 0 Å². The summed E-state index contributed by atoms with van der Waals surface area (Å²) in [6, 6.07) is 6.89. The van der Waals surface area contributed by atoms with E-state index in [9.17, 15) is 4.39 Å². The molecule has 2 aromatic rings. The Morgan fingerprint density at radius 3 is 2.69 bits per heavy atom. The molecule has 16 heavy (non-hydrogen) atoms. The number of halogens is 1. The Kier molecular flexibility index (Phi) is 3.07. The second-order valence-corrected chi connectivity index (χ2v) is 3.12. The number of benzene rings is 1. The van der Waals surface area contributed by atoms with E-state index in [-0.39, 0.29) is 0 Å². The van der Waals surface area contributed by atoms with E-state index < -0.39 is 12.4 Å². The molecule has 1 N–H and O–H groups in total. The van der Waals surface area contributed by atoms with Crippen molar-refractivity contribution in [2.45, 2.75) is 0 Å². The molecule has 0 aliphatic heterocycles. The van der Waals surface area contributed by atoms with E-state index >= 15 is 0 Å². The average Bonchev–Trinajstić information content (AvgIpc) is 2.83. The maximum atomic E-state index is 12.8. The first-order chi connectivity index (χ1) is 7.79.